The fourth-order valence-electron chi connectivity index (χ4n) is 3.05. The van der Waals surface area contributed by atoms with E-state index in [1.807, 2.05) is 20.0 Å². The topological polar surface area (TPSA) is 17.8 Å². The van der Waals surface area contributed by atoms with Crippen LogP contribution in [-0.4, -0.2) is 9.78 Å². The van der Waals surface area contributed by atoms with Gasteiger partial charge in [-0.05, 0) is 30.7 Å². The van der Waals surface area contributed by atoms with Gasteiger partial charge in [0.1, 0.15) is 0 Å². The van der Waals surface area contributed by atoms with Gasteiger partial charge < -0.3 is 0 Å². The fraction of sp³-hybridized carbons (Fsp3) is 0.800. The van der Waals surface area contributed by atoms with Crippen LogP contribution in [0.1, 0.15) is 59.2 Å². The Morgan fingerprint density at radius 3 is 2.53 bits per heavy atom. The lowest BCUT2D eigenvalue weighted by Crippen LogP contribution is -2.39. The summed E-state index contributed by atoms with van der Waals surface area (Å²) in [4.78, 5) is 0. The minimum atomic E-state index is 0.304. The van der Waals surface area contributed by atoms with Crippen molar-refractivity contribution < 1.29 is 0 Å². The molecule has 0 radical (unpaired) electrons. The average Bonchev–Trinajstić information content (AvgIpc) is 2.63. The number of hydrogen-bond acceptors (Lipinski definition) is 1. The molecule has 1 aliphatic rings. The Bertz CT molecular complexity index is 365. The third-order valence-electron chi connectivity index (χ3n) is 4.09. The Morgan fingerprint density at radius 1 is 1.41 bits per heavy atom. The van der Waals surface area contributed by atoms with Gasteiger partial charge in [-0.15, -0.1) is 0 Å². The summed E-state index contributed by atoms with van der Waals surface area (Å²) in [5.41, 5.74) is 3.13. The van der Waals surface area contributed by atoms with Gasteiger partial charge in [0, 0.05) is 17.7 Å². The first kappa shape index (κ1) is 14.3. The Kier molecular flexibility index (Phi) is 4.40. The first-order valence-corrected chi connectivity index (χ1v) is 6.98. The second-order valence-corrected chi connectivity index (χ2v) is 5.74. The molecule has 0 saturated heterocycles. The highest BCUT2D eigenvalue weighted by Gasteiger charge is 2.39. The van der Waals surface area contributed by atoms with Crippen LogP contribution < -0.4 is 0 Å². The third kappa shape index (κ3) is 2.41. The summed E-state index contributed by atoms with van der Waals surface area (Å²) in [6, 6.07) is 0. The highest BCUT2D eigenvalue weighted by molar-refractivity contribution is 5.27. The van der Waals surface area contributed by atoms with Crippen molar-refractivity contribution in [3.05, 3.63) is 17.5 Å². The minimum absolute atomic E-state index is 0.304. The Hall–Kier alpha value is -0.790. The molecule has 2 rings (SSSR count). The molecule has 0 bridgehead atoms. The van der Waals surface area contributed by atoms with Crippen molar-refractivity contribution in [3.63, 3.8) is 0 Å². The molecule has 98 valence electrons. The lowest BCUT2D eigenvalue weighted by molar-refractivity contribution is 0.194. The molecule has 0 fully saturated rings. The predicted octanol–water partition coefficient (Wildman–Crippen LogP) is 4.17. The number of hydrogen-bond donors (Lipinski definition) is 0. The Balaban J connectivity index is 0.000000686. The van der Waals surface area contributed by atoms with Gasteiger partial charge in [0.05, 0.1) is 6.20 Å². The van der Waals surface area contributed by atoms with Crippen LogP contribution in [0.4, 0.5) is 0 Å². The molecule has 2 atom stereocenters. The largest absolute Gasteiger partial charge is 0.268 e. The molecule has 1 aliphatic heterocycles. The van der Waals surface area contributed by atoms with Crippen LogP contribution in [0.2, 0.25) is 0 Å². The summed E-state index contributed by atoms with van der Waals surface area (Å²) in [5, 5.41) is 4.50. The van der Waals surface area contributed by atoms with Crippen molar-refractivity contribution in [2.45, 2.75) is 66.8 Å². The van der Waals surface area contributed by atoms with E-state index in [1.54, 1.807) is 0 Å². The van der Waals surface area contributed by atoms with E-state index in [9.17, 15) is 0 Å². The molecule has 0 aliphatic carbocycles. The van der Waals surface area contributed by atoms with Gasteiger partial charge >= 0.3 is 0 Å². The van der Waals surface area contributed by atoms with Crippen molar-refractivity contribution in [2.75, 3.05) is 0 Å². The number of fused-ring (bicyclic) bond motifs is 1. The van der Waals surface area contributed by atoms with Crippen LogP contribution in [0.15, 0.2) is 6.20 Å². The SMILES string of the molecule is CC.Cc1cnn2c1C(C)(C(C)C)CC(C)C2. The molecule has 0 amide bonds. The van der Waals surface area contributed by atoms with Crippen LogP contribution >= 0.6 is 0 Å². The highest BCUT2D eigenvalue weighted by atomic mass is 15.3. The summed E-state index contributed by atoms with van der Waals surface area (Å²) < 4.78 is 2.23. The van der Waals surface area contributed by atoms with Gasteiger partial charge in [0.15, 0.2) is 0 Å². The molecule has 1 aromatic rings. The highest BCUT2D eigenvalue weighted by Crippen LogP contribution is 2.42. The zero-order valence-electron chi connectivity index (χ0n) is 12.5. The normalized spacial score (nSPS) is 27.4. The standard InChI is InChI=1S/C13H22N2.C2H6/c1-9(2)13(5)6-10(3)8-15-12(13)11(4)7-14-15;1-2/h7,9-10H,6,8H2,1-5H3;1-2H3. The minimum Gasteiger partial charge on any atom is -0.268 e. The van der Waals surface area contributed by atoms with Gasteiger partial charge in [-0.2, -0.15) is 5.10 Å². The number of rotatable bonds is 1. The second kappa shape index (κ2) is 5.24. The quantitative estimate of drug-likeness (QED) is 0.715. The van der Waals surface area contributed by atoms with Gasteiger partial charge in [0.25, 0.3) is 0 Å². The maximum Gasteiger partial charge on any atom is 0.0522 e. The summed E-state index contributed by atoms with van der Waals surface area (Å²) in [6.07, 6.45) is 3.31. The molecule has 0 spiro atoms. The summed E-state index contributed by atoms with van der Waals surface area (Å²) in [7, 11) is 0. The van der Waals surface area contributed by atoms with Crippen LogP contribution in [0, 0.1) is 18.8 Å². The Labute approximate surface area is 106 Å². The molecule has 0 saturated carbocycles. The van der Waals surface area contributed by atoms with Crippen LogP contribution in [0.3, 0.4) is 0 Å². The smallest absolute Gasteiger partial charge is 0.0522 e. The molecule has 0 aromatic carbocycles. The van der Waals surface area contributed by atoms with Gasteiger partial charge in [0.2, 0.25) is 0 Å². The molecule has 17 heavy (non-hydrogen) atoms. The van der Waals surface area contributed by atoms with Crippen molar-refractivity contribution in [1.82, 2.24) is 9.78 Å². The molecule has 2 nitrogen and oxygen atoms in total. The number of nitrogens with zero attached hydrogens (tertiary/aromatic N) is 2. The monoisotopic (exact) mass is 236 g/mol. The van der Waals surface area contributed by atoms with E-state index in [1.165, 1.54) is 17.7 Å². The van der Waals surface area contributed by atoms with Gasteiger partial charge in [-0.1, -0.05) is 41.5 Å². The lowest BCUT2D eigenvalue weighted by Gasteiger charge is -2.41. The van der Waals surface area contributed by atoms with Crippen molar-refractivity contribution >= 4 is 0 Å². The predicted molar refractivity (Wildman–Crippen MR) is 74.3 cm³/mol. The number of aromatic nitrogens is 2. The summed E-state index contributed by atoms with van der Waals surface area (Å²) in [6.45, 7) is 16.7. The number of aryl methyl sites for hydroxylation is 1. The first-order valence-electron chi connectivity index (χ1n) is 6.98. The van der Waals surface area contributed by atoms with Crippen LogP contribution in [0.5, 0.6) is 0 Å². The summed E-state index contributed by atoms with van der Waals surface area (Å²) in [5.74, 6) is 1.42. The molecule has 2 heteroatoms. The second-order valence-electron chi connectivity index (χ2n) is 5.74. The zero-order valence-corrected chi connectivity index (χ0v) is 12.5. The maximum absolute atomic E-state index is 4.50. The van der Waals surface area contributed by atoms with Gasteiger partial charge in [-0.3, -0.25) is 4.68 Å². The molecule has 2 heterocycles. The molecular formula is C15H28N2. The van der Waals surface area contributed by atoms with E-state index >= 15 is 0 Å². The van der Waals surface area contributed by atoms with E-state index < -0.39 is 0 Å². The molecule has 1 aromatic heterocycles. The maximum atomic E-state index is 4.50. The fourth-order valence-corrected chi connectivity index (χ4v) is 3.05. The molecular weight excluding hydrogens is 208 g/mol. The van der Waals surface area contributed by atoms with Crippen molar-refractivity contribution in [1.29, 1.82) is 0 Å². The van der Waals surface area contributed by atoms with Gasteiger partial charge in [-0.25, -0.2) is 0 Å². The summed E-state index contributed by atoms with van der Waals surface area (Å²) >= 11 is 0. The van der Waals surface area contributed by atoms with E-state index in [2.05, 4.69) is 44.4 Å². The lowest BCUT2D eigenvalue weighted by atomic mass is 9.68. The first-order chi connectivity index (χ1) is 7.95. The third-order valence-corrected chi connectivity index (χ3v) is 4.09. The zero-order chi connectivity index (χ0) is 13.2. The average molecular weight is 236 g/mol. The van der Waals surface area contributed by atoms with E-state index in [0.29, 0.717) is 11.3 Å². The van der Waals surface area contributed by atoms with Crippen LogP contribution in [0.25, 0.3) is 0 Å². The molecule has 2 unspecified atom stereocenters. The van der Waals surface area contributed by atoms with Crippen molar-refractivity contribution in [3.8, 4) is 0 Å². The van der Waals surface area contributed by atoms with E-state index in [4.69, 9.17) is 0 Å². The van der Waals surface area contributed by atoms with E-state index in [-0.39, 0.29) is 0 Å². The molecule has 0 N–H and O–H groups in total. The van der Waals surface area contributed by atoms with Crippen molar-refractivity contribution in [2.24, 2.45) is 11.8 Å². The van der Waals surface area contributed by atoms with Crippen LogP contribution in [-0.2, 0) is 12.0 Å². The Morgan fingerprint density at radius 2 is 2.00 bits per heavy atom. The van der Waals surface area contributed by atoms with E-state index in [0.717, 1.165) is 12.5 Å².